The summed E-state index contributed by atoms with van der Waals surface area (Å²) in [5, 5.41) is 17.0. The molecule has 0 bridgehead atoms. The molecule has 1 aliphatic heterocycles. The van der Waals surface area contributed by atoms with E-state index in [0.717, 1.165) is 12.8 Å². The first-order valence-electron chi connectivity index (χ1n) is 8.60. The zero-order chi connectivity index (χ0) is 19.9. The van der Waals surface area contributed by atoms with Crippen LogP contribution >= 0.6 is 0 Å². The number of hydrogen-bond donors (Lipinski definition) is 2. The van der Waals surface area contributed by atoms with Crippen molar-refractivity contribution in [2.45, 2.75) is 18.9 Å². The van der Waals surface area contributed by atoms with E-state index in [-0.39, 0.29) is 18.3 Å². The molecule has 1 aromatic carbocycles. The first-order valence-corrected chi connectivity index (χ1v) is 8.60. The number of ether oxygens (including phenoxy) is 1. The van der Waals surface area contributed by atoms with Gasteiger partial charge in [0.25, 0.3) is 5.69 Å². The third-order valence-electron chi connectivity index (χ3n) is 4.05. The second kappa shape index (κ2) is 8.91. The molecule has 1 unspecified atom stereocenters. The molecule has 0 saturated carbocycles. The van der Waals surface area contributed by atoms with Crippen molar-refractivity contribution in [1.29, 1.82) is 0 Å². The minimum absolute atomic E-state index is 0.0506. The van der Waals surface area contributed by atoms with Gasteiger partial charge in [-0.3, -0.25) is 19.7 Å². The standard InChI is InChI=1S/C18H18N4O6/c23-17(19-10-14-5-2-8-27-14)18(24)21-20-11-15-6-7-16(28-15)12-3-1-4-13(9-12)22(25)26/h1,3-4,6-7,9,11,14H,2,5,8,10H2,(H,19,23)(H,21,24)/b20-11-. The maximum Gasteiger partial charge on any atom is 0.329 e. The second-order valence-electron chi connectivity index (χ2n) is 6.05. The Balaban J connectivity index is 1.52. The van der Waals surface area contributed by atoms with Gasteiger partial charge in [0, 0.05) is 30.8 Å². The largest absolute Gasteiger partial charge is 0.455 e. The van der Waals surface area contributed by atoms with E-state index in [1.807, 2.05) is 0 Å². The van der Waals surface area contributed by atoms with Crippen molar-refractivity contribution in [1.82, 2.24) is 10.7 Å². The van der Waals surface area contributed by atoms with Crippen LogP contribution in [0.1, 0.15) is 18.6 Å². The number of nitro groups is 1. The van der Waals surface area contributed by atoms with E-state index in [1.165, 1.54) is 18.3 Å². The number of nitro benzene ring substituents is 1. The maximum absolute atomic E-state index is 11.7. The van der Waals surface area contributed by atoms with Gasteiger partial charge in [-0.2, -0.15) is 5.10 Å². The van der Waals surface area contributed by atoms with Gasteiger partial charge < -0.3 is 14.5 Å². The fourth-order valence-electron chi connectivity index (χ4n) is 2.65. The number of carbonyl (C=O) groups excluding carboxylic acids is 2. The van der Waals surface area contributed by atoms with Crippen LogP contribution < -0.4 is 10.7 Å². The van der Waals surface area contributed by atoms with Gasteiger partial charge in [0.1, 0.15) is 11.5 Å². The van der Waals surface area contributed by atoms with Gasteiger partial charge in [-0.15, -0.1) is 0 Å². The van der Waals surface area contributed by atoms with Gasteiger partial charge in [0.15, 0.2) is 0 Å². The molecule has 0 aliphatic carbocycles. The van der Waals surface area contributed by atoms with Crippen LogP contribution in [0.2, 0.25) is 0 Å². The monoisotopic (exact) mass is 386 g/mol. The van der Waals surface area contributed by atoms with Crippen molar-refractivity contribution >= 4 is 23.7 Å². The number of carbonyl (C=O) groups is 2. The second-order valence-corrected chi connectivity index (χ2v) is 6.05. The molecule has 146 valence electrons. The van der Waals surface area contributed by atoms with Crippen molar-refractivity contribution in [2.75, 3.05) is 13.2 Å². The van der Waals surface area contributed by atoms with Crippen LogP contribution in [-0.2, 0) is 14.3 Å². The van der Waals surface area contributed by atoms with Crippen molar-refractivity contribution in [3.05, 3.63) is 52.3 Å². The summed E-state index contributed by atoms with van der Waals surface area (Å²) < 4.78 is 10.9. The Labute approximate surface area is 159 Å². The minimum atomic E-state index is -0.903. The van der Waals surface area contributed by atoms with Crippen LogP contribution in [0.4, 0.5) is 5.69 Å². The lowest BCUT2D eigenvalue weighted by atomic mass is 10.1. The summed E-state index contributed by atoms with van der Waals surface area (Å²) in [5.74, 6) is -0.989. The number of non-ortho nitro benzene ring substituents is 1. The summed E-state index contributed by atoms with van der Waals surface area (Å²) in [7, 11) is 0. The Kier molecular flexibility index (Phi) is 6.12. The molecule has 2 amide bonds. The van der Waals surface area contributed by atoms with Crippen LogP contribution in [0.15, 0.2) is 45.9 Å². The maximum atomic E-state index is 11.7. The third-order valence-corrected chi connectivity index (χ3v) is 4.05. The van der Waals surface area contributed by atoms with E-state index in [2.05, 4.69) is 15.8 Å². The highest BCUT2D eigenvalue weighted by atomic mass is 16.6. The van der Waals surface area contributed by atoms with Gasteiger partial charge in [-0.1, -0.05) is 12.1 Å². The number of amides is 2. The molecule has 1 atom stereocenters. The summed E-state index contributed by atoms with van der Waals surface area (Å²) in [6.45, 7) is 0.944. The van der Waals surface area contributed by atoms with E-state index in [0.29, 0.717) is 23.7 Å². The first-order chi connectivity index (χ1) is 13.5. The van der Waals surface area contributed by atoms with Gasteiger partial charge in [0.2, 0.25) is 0 Å². The topological polar surface area (TPSA) is 136 Å². The molecule has 1 fully saturated rings. The molecule has 1 aliphatic rings. The fraction of sp³-hybridized carbons (Fsp3) is 0.278. The molecule has 1 saturated heterocycles. The van der Waals surface area contributed by atoms with Crippen LogP contribution in [-0.4, -0.2) is 42.2 Å². The van der Waals surface area contributed by atoms with Gasteiger partial charge in [-0.05, 0) is 25.0 Å². The van der Waals surface area contributed by atoms with Crippen LogP contribution in [0.25, 0.3) is 11.3 Å². The molecular weight excluding hydrogens is 368 g/mol. The Bertz CT molecular complexity index is 901. The summed E-state index contributed by atoms with van der Waals surface area (Å²) in [5.41, 5.74) is 2.59. The van der Waals surface area contributed by atoms with E-state index in [1.54, 1.807) is 24.3 Å². The Morgan fingerprint density at radius 1 is 1.29 bits per heavy atom. The first kappa shape index (κ1) is 19.2. The van der Waals surface area contributed by atoms with Crippen molar-refractivity contribution in [2.24, 2.45) is 5.10 Å². The number of hydrogen-bond acceptors (Lipinski definition) is 7. The summed E-state index contributed by atoms with van der Waals surface area (Å²) in [4.78, 5) is 33.7. The molecule has 2 N–H and O–H groups in total. The van der Waals surface area contributed by atoms with Crippen molar-refractivity contribution in [3.63, 3.8) is 0 Å². The molecule has 10 nitrogen and oxygen atoms in total. The van der Waals surface area contributed by atoms with E-state index >= 15 is 0 Å². The SMILES string of the molecule is O=C(NCC1CCCO1)C(=O)N/N=C\c1ccc(-c2cccc([N+](=O)[O-])c2)o1. The Hall–Kier alpha value is -3.53. The van der Waals surface area contributed by atoms with E-state index in [9.17, 15) is 19.7 Å². The average Bonchev–Trinajstić information content (AvgIpc) is 3.38. The van der Waals surface area contributed by atoms with Gasteiger partial charge >= 0.3 is 11.8 Å². The molecule has 0 radical (unpaired) electrons. The molecule has 2 heterocycles. The molecule has 10 heteroatoms. The Morgan fingerprint density at radius 2 is 2.14 bits per heavy atom. The number of hydrazone groups is 1. The smallest absolute Gasteiger partial charge is 0.329 e. The van der Waals surface area contributed by atoms with Gasteiger partial charge in [0.05, 0.1) is 17.2 Å². The zero-order valence-electron chi connectivity index (χ0n) is 14.8. The molecule has 2 aromatic rings. The fourth-order valence-corrected chi connectivity index (χ4v) is 2.65. The predicted molar refractivity (Wildman–Crippen MR) is 98.5 cm³/mol. The molecule has 28 heavy (non-hydrogen) atoms. The zero-order valence-corrected chi connectivity index (χ0v) is 14.8. The normalized spacial score (nSPS) is 16.2. The number of nitrogens with one attached hydrogen (secondary N) is 2. The van der Waals surface area contributed by atoms with Crippen LogP contribution in [0.5, 0.6) is 0 Å². The number of benzene rings is 1. The number of furan rings is 1. The third kappa shape index (κ3) is 5.01. The van der Waals surface area contributed by atoms with Gasteiger partial charge in [-0.25, -0.2) is 5.43 Å². The lowest BCUT2D eigenvalue weighted by molar-refractivity contribution is -0.384. The van der Waals surface area contributed by atoms with Crippen LogP contribution in [0, 0.1) is 10.1 Å². The molecule has 3 rings (SSSR count). The molecule has 1 aromatic heterocycles. The molecular formula is C18H18N4O6. The minimum Gasteiger partial charge on any atom is -0.455 e. The average molecular weight is 386 g/mol. The van der Waals surface area contributed by atoms with E-state index < -0.39 is 16.7 Å². The number of nitrogens with zero attached hydrogens (tertiary/aromatic N) is 2. The summed E-state index contributed by atoms with van der Waals surface area (Å²) in [6, 6.07) is 9.21. The lowest BCUT2D eigenvalue weighted by Gasteiger charge is -2.09. The van der Waals surface area contributed by atoms with Crippen LogP contribution in [0.3, 0.4) is 0 Å². The molecule has 0 spiro atoms. The number of rotatable bonds is 6. The summed E-state index contributed by atoms with van der Waals surface area (Å²) >= 11 is 0. The lowest BCUT2D eigenvalue weighted by Crippen LogP contribution is -2.41. The highest BCUT2D eigenvalue weighted by Crippen LogP contribution is 2.25. The Morgan fingerprint density at radius 3 is 2.89 bits per heavy atom. The van der Waals surface area contributed by atoms with E-state index in [4.69, 9.17) is 9.15 Å². The predicted octanol–water partition coefficient (Wildman–Crippen LogP) is 1.60. The van der Waals surface area contributed by atoms with Crippen molar-refractivity contribution in [3.8, 4) is 11.3 Å². The van der Waals surface area contributed by atoms with Crippen molar-refractivity contribution < 1.29 is 23.7 Å². The quantitative estimate of drug-likeness (QED) is 0.335. The highest BCUT2D eigenvalue weighted by Gasteiger charge is 2.19. The highest BCUT2D eigenvalue weighted by molar-refractivity contribution is 6.35. The summed E-state index contributed by atoms with van der Waals surface area (Å²) in [6.07, 6.45) is 2.96.